The molecule has 1 fully saturated rings. The highest BCUT2D eigenvalue weighted by Gasteiger charge is 2.20. The van der Waals surface area contributed by atoms with Crippen molar-refractivity contribution in [1.29, 1.82) is 0 Å². The average molecular weight is 521 g/mol. The van der Waals surface area contributed by atoms with Crippen molar-refractivity contribution in [2.24, 2.45) is 5.10 Å². The van der Waals surface area contributed by atoms with Gasteiger partial charge in [0.05, 0.1) is 18.2 Å². The van der Waals surface area contributed by atoms with Crippen LogP contribution in [0.15, 0.2) is 53.6 Å². The first-order chi connectivity index (χ1) is 16.7. The van der Waals surface area contributed by atoms with E-state index in [1.807, 2.05) is 0 Å². The van der Waals surface area contributed by atoms with E-state index in [0.29, 0.717) is 22.0 Å². The largest absolute Gasteiger partial charge is 0.484 e. The third-order valence-corrected chi connectivity index (χ3v) is 6.82. The van der Waals surface area contributed by atoms with Crippen LogP contribution in [-0.2, 0) is 19.6 Å². The highest BCUT2D eigenvalue weighted by molar-refractivity contribution is 7.92. The molecule has 3 rings (SSSR count). The number of hydrazone groups is 1. The van der Waals surface area contributed by atoms with Gasteiger partial charge in [-0.05, 0) is 66.9 Å². The minimum atomic E-state index is -3.69. The van der Waals surface area contributed by atoms with E-state index < -0.39 is 22.5 Å². The number of nitrogens with one attached hydrogen (secondary N) is 2. The molecule has 2 N–H and O–H groups in total. The highest BCUT2D eigenvalue weighted by Crippen LogP contribution is 2.20. The van der Waals surface area contributed by atoms with Gasteiger partial charge in [-0.15, -0.1) is 0 Å². The molecule has 2 amide bonds. The Hall–Kier alpha value is -3.11. The van der Waals surface area contributed by atoms with Crippen LogP contribution in [0.2, 0.25) is 5.02 Å². The van der Waals surface area contributed by atoms with E-state index >= 15 is 0 Å². The first-order valence-electron chi connectivity index (χ1n) is 11.3. The number of hydrogen-bond donors (Lipinski definition) is 2. The zero-order chi connectivity index (χ0) is 25.3. The number of sulfonamides is 1. The van der Waals surface area contributed by atoms with Crippen LogP contribution in [0.3, 0.4) is 0 Å². The summed E-state index contributed by atoms with van der Waals surface area (Å²) in [6.07, 6.45) is 7.99. The lowest BCUT2D eigenvalue weighted by Crippen LogP contribution is -2.39. The average Bonchev–Trinajstić information content (AvgIpc) is 2.83. The molecule has 35 heavy (non-hydrogen) atoms. The zero-order valence-corrected chi connectivity index (χ0v) is 21.0. The van der Waals surface area contributed by atoms with Crippen molar-refractivity contribution in [3.8, 4) is 5.75 Å². The maximum absolute atomic E-state index is 12.3. The lowest BCUT2D eigenvalue weighted by Gasteiger charge is -2.22. The standard InChI is InChI=1S/C24H29ClN4O5S/c1-35(32,33)29(21-11-9-19(25)10-12-21)16-23(30)28-26-15-18-7-13-22(14-8-18)34-17-24(31)27-20-5-3-2-4-6-20/h7-15,20H,2-6,16-17H2,1H3,(H,27,31)(H,28,30)/b26-15-. The summed E-state index contributed by atoms with van der Waals surface area (Å²) in [4.78, 5) is 24.3. The molecule has 0 atom stereocenters. The van der Waals surface area contributed by atoms with Crippen LogP contribution in [0.4, 0.5) is 5.69 Å². The number of anilines is 1. The van der Waals surface area contributed by atoms with Crippen molar-refractivity contribution in [3.05, 3.63) is 59.1 Å². The number of halogens is 1. The Balaban J connectivity index is 1.46. The molecular weight excluding hydrogens is 492 g/mol. The topological polar surface area (TPSA) is 117 Å². The number of carbonyl (C=O) groups excluding carboxylic acids is 2. The van der Waals surface area contributed by atoms with Crippen molar-refractivity contribution < 1.29 is 22.7 Å². The first kappa shape index (κ1) is 26.5. The molecule has 1 aliphatic carbocycles. The van der Waals surface area contributed by atoms with Crippen molar-refractivity contribution in [1.82, 2.24) is 10.7 Å². The Kier molecular flexibility index (Phi) is 9.50. The molecule has 2 aromatic carbocycles. The predicted octanol–water partition coefficient (Wildman–Crippen LogP) is 3.08. The van der Waals surface area contributed by atoms with Crippen LogP contribution in [0.25, 0.3) is 0 Å². The molecule has 0 unspecified atom stereocenters. The number of rotatable bonds is 10. The molecule has 0 radical (unpaired) electrons. The Bertz CT molecular complexity index is 1130. The van der Waals surface area contributed by atoms with E-state index in [-0.39, 0.29) is 18.6 Å². The van der Waals surface area contributed by atoms with Crippen LogP contribution < -0.4 is 19.8 Å². The highest BCUT2D eigenvalue weighted by atomic mass is 35.5. The van der Waals surface area contributed by atoms with E-state index in [4.69, 9.17) is 16.3 Å². The molecule has 11 heteroatoms. The molecule has 0 aliphatic heterocycles. The fourth-order valence-corrected chi connectivity index (χ4v) is 4.65. The van der Waals surface area contributed by atoms with Crippen molar-refractivity contribution in [3.63, 3.8) is 0 Å². The van der Waals surface area contributed by atoms with Gasteiger partial charge in [-0.1, -0.05) is 30.9 Å². The van der Waals surface area contributed by atoms with E-state index in [9.17, 15) is 18.0 Å². The summed E-state index contributed by atoms with van der Waals surface area (Å²) in [7, 11) is -3.69. The number of nitrogens with zero attached hydrogens (tertiary/aromatic N) is 2. The predicted molar refractivity (Wildman–Crippen MR) is 136 cm³/mol. The molecule has 0 bridgehead atoms. The summed E-state index contributed by atoms with van der Waals surface area (Å²) in [5, 5.41) is 7.34. The van der Waals surface area contributed by atoms with Crippen molar-refractivity contribution in [2.75, 3.05) is 23.7 Å². The SMILES string of the molecule is CS(=O)(=O)N(CC(=O)N/N=C\c1ccc(OCC(=O)NC2CCCCC2)cc1)c1ccc(Cl)cc1. The van der Waals surface area contributed by atoms with Gasteiger partial charge in [-0.2, -0.15) is 5.10 Å². The fourth-order valence-electron chi connectivity index (χ4n) is 3.67. The fraction of sp³-hybridized carbons (Fsp3) is 0.375. The summed E-state index contributed by atoms with van der Waals surface area (Å²) < 4.78 is 30.7. The van der Waals surface area contributed by atoms with Gasteiger partial charge in [0.25, 0.3) is 11.8 Å². The lowest BCUT2D eigenvalue weighted by molar-refractivity contribution is -0.124. The monoisotopic (exact) mass is 520 g/mol. The number of carbonyl (C=O) groups is 2. The molecule has 1 saturated carbocycles. The Morgan fingerprint density at radius 1 is 1.06 bits per heavy atom. The maximum Gasteiger partial charge on any atom is 0.260 e. The van der Waals surface area contributed by atoms with Crippen LogP contribution in [0.5, 0.6) is 5.75 Å². The number of ether oxygens (including phenoxy) is 1. The molecule has 0 heterocycles. The number of amides is 2. The third-order valence-electron chi connectivity index (χ3n) is 5.43. The molecule has 0 spiro atoms. The summed E-state index contributed by atoms with van der Waals surface area (Å²) in [5.41, 5.74) is 3.32. The second-order valence-corrected chi connectivity index (χ2v) is 10.6. The molecule has 188 valence electrons. The molecule has 0 saturated heterocycles. The summed E-state index contributed by atoms with van der Waals surface area (Å²) >= 11 is 5.85. The summed E-state index contributed by atoms with van der Waals surface area (Å²) in [6, 6.07) is 13.2. The second kappa shape index (κ2) is 12.6. The summed E-state index contributed by atoms with van der Waals surface area (Å²) in [6.45, 7) is -0.488. The Labute approximate surface area is 210 Å². The van der Waals surface area contributed by atoms with E-state index in [0.717, 1.165) is 36.2 Å². The maximum atomic E-state index is 12.3. The van der Waals surface area contributed by atoms with Gasteiger partial charge < -0.3 is 10.1 Å². The number of hydrogen-bond acceptors (Lipinski definition) is 6. The minimum absolute atomic E-state index is 0.0511. The molecule has 0 aromatic heterocycles. The Morgan fingerprint density at radius 3 is 2.34 bits per heavy atom. The van der Waals surface area contributed by atoms with Crippen LogP contribution in [0, 0.1) is 0 Å². The molecule has 2 aromatic rings. The van der Waals surface area contributed by atoms with E-state index in [2.05, 4.69) is 15.8 Å². The quantitative estimate of drug-likeness (QED) is 0.369. The van der Waals surface area contributed by atoms with Gasteiger partial charge in [0, 0.05) is 11.1 Å². The number of benzene rings is 2. The first-order valence-corrected chi connectivity index (χ1v) is 13.5. The third kappa shape index (κ3) is 8.88. The zero-order valence-electron chi connectivity index (χ0n) is 19.4. The van der Waals surface area contributed by atoms with Gasteiger partial charge in [-0.25, -0.2) is 13.8 Å². The smallest absolute Gasteiger partial charge is 0.260 e. The minimum Gasteiger partial charge on any atom is -0.484 e. The van der Waals surface area contributed by atoms with Gasteiger partial charge in [0.2, 0.25) is 10.0 Å². The van der Waals surface area contributed by atoms with Gasteiger partial charge in [0.15, 0.2) is 6.61 Å². The molecule has 1 aliphatic rings. The summed E-state index contributed by atoms with van der Waals surface area (Å²) in [5.74, 6) is -0.200. The lowest BCUT2D eigenvalue weighted by atomic mass is 9.95. The van der Waals surface area contributed by atoms with Gasteiger partial charge in [0.1, 0.15) is 12.3 Å². The van der Waals surface area contributed by atoms with Crippen LogP contribution in [0.1, 0.15) is 37.7 Å². The van der Waals surface area contributed by atoms with Crippen molar-refractivity contribution >= 4 is 45.3 Å². The Morgan fingerprint density at radius 2 is 1.71 bits per heavy atom. The van der Waals surface area contributed by atoms with Crippen molar-refractivity contribution in [2.45, 2.75) is 38.1 Å². The van der Waals surface area contributed by atoms with Crippen LogP contribution in [-0.4, -0.2) is 51.9 Å². The normalized spacial score (nSPS) is 14.5. The molecule has 9 nitrogen and oxygen atoms in total. The van der Waals surface area contributed by atoms with Gasteiger partial charge >= 0.3 is 0 Å². The molecular formula is C24H29ClN4O5S. The van der Waals surface area contributed by atoms with E-state index in [1.54, 1.807) is 36.4 Å². The van der Waals surface area contributed by atoms with E-state index in [1.165, 1.54) is 24.8 Å². The second-order valence-electron chi connectivity index (χ2n) is 8.30. The van der Waals surface area contributed by atoms with Gasteiger partial charge in [-0.3, -0.25) is 13.9 Å². The van der Waals surface area contributed by atoms with Crippen LogP contribution >= 0.6 is 11.6 Å².